The number of hydrogen-bond donors (Lipinski definition) is 2. The SMILES string of the molecule is COC(=O)c1ccc([C@@H]2c3c(/C=C/c4ccccc4)n[nH]c(=O)c3Nc3nnnn32)cc1. The average Bonchev–Trinajstić information content (AvgIpc) is 3.31. The number of carbonyl (C=O) groups excluding carboxylic acids is 1. The maximum absolute atomic E-state index is 12.6. The molecule has 2 aromatic carbocycles. The van der Waals surface area contributed by atoms with E-state index in [2.05, 4.69) is 31.0 Å². The summed E-state index contributed by atoms with van der Waals surface area (Å²) < 4.78 is 6.36. The highest BCUT2D eigenvalue weighted by Crippen LogP contribution is 2.38. The largest absolute Gasteiger partial charge is 0.465 e. The van der Waals surface area contributed by atoms with Crippen LogP contribution in [0.5, 0.6) is 0 Å². The summed E-state index contributed by atoms with van der Waals surface area (Å²) in [7, 11) is 1.33. The molecular formula is C22H17N7O3. The van der Waals surface area contributed by atoms with Gasteiger partial charge in [-0.1, -0.05) is 53.6 Å². The van der Waals surface area contributed by atoms with E-state index in [9.17, 15) is 9.59 Å². The van der Waals surface area contributed by atoms with Crippen molar-refractivity contribution in [3.63, 3.8) is 0 Å². The van der Waals surface area contributed by atoms with E-state index in [-0.39, 0.29) is 5.56 Å². The van der Waals surface area contributed by atoms with Gasteiger partial charge in [0.1, 0.15) is 11.7 Å². The number of carbonyl (C=O) groups is 1. The Morgan fingerprint density at radius 3 is 2.62 bits per heavy atom. The molecule has 2 aromatic heterocycles. The molecule has 10 nitrogen and oxygen atoms in total. The van der Waals surface area contributed by atoms with Crippen molar-refractivity contribution in [3.05, 3.63) is 92.9 Å². The molecule has 1 atom stereocenters. The zero-order valence-electron chi connectivity index (χ0n) is 16.9. The Hall–Kier alpha value is -4.60. The van der Waals surface area contributed by atoms with Gasteiger partial charge >= 0.3 is 5.97 Å². The number of anilines is 2. The first-order valence-electron chi connectivity index (χ1n) is 9.74. The number of aromatic amines is 1. The van der Waals surface area contributed by atoms with Crippen molar-refractivity contribution in [3.8, 4) is 0 Å². The van der Waals surface area contributed by atoms with Gasteiger partial charge < -0.3 is 10.1 Å². The van der Waals surface area contributed by atoms with E-state index >= 15 is 0 Å². The molecule has 0 spiro atoms. The lowest BCUT2D eigenvalue weighted by Gasteiger charge is -2.27. The second-order valence-electron chi connectivity index (χ2n) is 7.06. The van der Waals surface area contributed by atoms with E-state index in [1.165, 1.54) is 7.11 Å². The van der Waals surface area contributed by atoms with Gasteiger partial charge in [-0.15, -0.1) is 0 Å². The quantitative estimate of drug-likeness (QED) is 0.419. The molecule has 0 aliphatic carbocycles. The number of methoxy groups -OCH3 is 1. The van der Waals surface area contributed by atoms with E-state index in [0.29, 0.717) is 28.5 Å². The molecule has 10 heteroatoms. The van der Waals surface area contributed by atoms with Crippen molar-refractivity contribution in [2.24, 2.45) is 0 Å². The molecule has 0 saturated carbocycles. The number of aromatic nitrogens is 6. The van der Waals surface area contributed by atoms with Crippen LogP contribution in [0.4, 0.5) is 11.6 Å². The van der Waals surface area contributed by atoms with E-state index in [4.69, 9.17) is 4.74 Å². The molecule has 1 aliphatic heterocycles. The normalized spacial score (nSPS) is 14.5. The predicted octanol–water partition coefficient (Wildman–Crippen LogP) is 2.41. The zero-order chi connectivity index (χ0) is 22.1. The van der Waals surface area contributed by atoms with E-state index < -0.39 is 12.0 Å². The van der Waals surface area contributed by atoms with E-state index in [1.807, 2.05) is 42.5 Å². The molecule has 32 heavy (non-hydrogen) atoms. The Morgan fingerprint density at radius 2 is 1.88 bits per heavy atom. The number of nitrogens with zero attached hydrogens (tertiary/aromatic N) is 5. The summed E-state index contributed by atoms with van der Waals surface area (Å²) in [5.74, 6) is -0.107. The number of H-pyrrole nitrogens is 1. The highest BCUT2D eigenvalue weighted by atomic mass is 16.5. The Labute approximate surface area is 181 Å². The molecule has 0 unspecified atom stereocenters. The van der Waals surface area contributed by atoms with Crippen LogP contribution in [0, 0.1) is 0 Å². The highest BCUT2D eigenvalue weighted by Gasteiger charge is 2.33. The summed E-state index contributed by atoms with van der Waals surface area (Å²) in [5, 5.41) is 21.7. The molecule has 5 rings (SSSR count). The highest BCUT2D eigenvalue weighted by molar-refractivity contribution is 5.89. The number of nitrogens with one attached hydrogen (secondary N) is 2. The Bertz CT molecular complexity index is 1370. The molecule has 0 bridgehead atoms. The molecule has 0 radical (unpaired) electrons. The predicted molar refractivity (Wildman–Crippen MR) is 116 cm³/mol. The second kappa shape index (κ2) is 7.91. The maximum atomic E-state index is 12.6. The molecule has 2 N–H and O–H groups in total. The number of esters is 1. The molecule has 0 amide bonds. The van der Waals surface area contributed by atoms with Gasteiger partial charge in [-0.25, -0.2) is 9.89 Å². The number of hydrogen-bond acceptors (Lipinski definition) is 8. The van der Waals surface area contributed by atoms with Gasteiger partial charge in [0.2, 0.25) is 5.95 Å². The molecule has 0 fully saturated rings. The minimum Gasteiger partial charge on any atom is -0.465 e. The minimum absolute atomic E-state index is 0.317. The molecule has 1 aliphatic rings. The smallest absolute Gasteiger partial charge is 0.337 e. The van der Waals surface area contributed by atoms with Crippen LogP contribution in [0.1, 0.15) is 38.8 Å². The van der Waals surface area contributed by atoms with Crippen molar-refractivity contribution in [2.45, 2.75) is 6.04 Å². The van der Waals surface area contributed by atoms with Crippen molar-refractivity contribution < 1.29 is 9.53 Å². The third-order valence-corrected chi connectivity index (χ3v) is 5.18. The van der Waals surface area contributed by atoms with Gasteiger partial charge in [0, 0.05) is 5.56 Å². The van der Waals surface area contributed by atoms with Gasteiger partial charge in [0.05, 0.1) is 18.4 Å². The number of fused-ring (bicyclic) bond motifs is 2. The van der Waals surface area contributed by atoms with Gasteiger partial charge in [-0.05, 0) is 39.8 Å². The molecule has 158 valence electrons. The van der Waals surface area contributed by atoms with Crippen LogP contribution >= 0.6 is 0 Å². The first-order valence-corrected chi connectivity index (χ1v) is 9.74. The maximum Gasteiger partial charge on any atom is 0.337 e. The van der Waals surface area contributed by atoms with Crippen molar-refractivity contribution in [2.75, 3.05) is 12.4 Å². The van der Waals surface area contributed by atoms with Gasteiger partial charge in [0.25, 0.3) is 5.56 Å². The summed E-state index contributed by atoms with van der Waals surface area (Å²) in [5.41, 5.74) is 3.27. The summed E-state index contributed by atoms with van der Waals surface area (Å²) >= 11 is 0. The fourth-order valence-electron chi connectivity index (χ4n) is 3.66. The fraction of sp³-hybridized carbons (Fsp3) is 0.0909. The monoisotopic (exact) mass is 427 g/mol. The van der Waals surface area contributed by atoms with Crippen LogP contribution in [0.25, 0.3) is 12.2 Å². The van der Waals surface area contributed by atoms with Gasteiger partial charge in [-0.3, -0.25) is 4.79 Å². The number of tetrazole rings is 1. The number of benzene rings is 2. The summed E-state index contributed by atoms with van der Waals surface area (Å²) in [6.07, 6.45) is 3.74. The zero-order valence-corrected chi connectivity index (χ0v) is 16.9. The van der Waals surface area contributed by atoms with Crippen molar-refractivity contribution >= 4 is 29.8 Å². The average molecular weight is 427 g/mol. The van der Waals surface area contributed by atoms with E-state index in [0.717, 1.165) is 11.1 Å². The van der Waals surface area contributed by atoms with Crippen LogP contribution in [0.3, 0.4) is 0 Å². The summed E-state index contributed by atoms with van der Waals surface area (Å²) in [4.78, 5) is 24.5. The summed E-state index contributed by atoms with van der Waals surface area (Å²) in [6, 6.07) is 16.1. The Morgan fingerprint density at radius 1 is 1.09 bits per heavy atom. The topological polar surface area (TPSA) is 128 Å². The van der Waals surface area contributed by atoms with Crippen LogP contribution in [0.15, 0.2) is 59.4 Å². The lowest BCUT2D eigenvalue weighted by molar-refractivity contribution is 0.0600. The standard InChI is InChI=1S/C22H17N7O3/c1-32-21(31)15-10-8-14(9-11-15)19-17-16(12-7-13-5-3-2-4-6-13)24-25-20(30)18(17)23-22-26-27-28-29(19)22/h2-12,19H,1H3,(H,25,30)(H,23,26,28)/b12-7+/t19-/m1/s1. The summed E-state index contributed by atoms with van der Waals surface area (Å²) in [6.45, 7) is 0. The molecular weight excluding hydrogens is 410 g/mol. The lowest BCUT2D eigenvalue weighted by Crippen LogP contribution is -2.29. The third kappa shape index (κ3) is 3.33. The third-order valence-electron chi connectivity index (χ3n) is 5.18. The molecule has 4 aromatic rings. The molecule has 3 heterocycles. The lowest BCUT2D eigenvalue weighted by atomic mass is 9.94. The molecule has 0 saturated heterocycles. The number of rotatable bonds is 4. The van der Waals surface area contributed by atoms with E-state index in [1.54, 1.807) is 28.9 Å². The Kier molecular flexibility index (Phi) is 4.79. The fourth-order valence-corrected chi connectivity index (χ4v) is 3.66. The van der Waals surface area contributed by atoms with Crippen LogP contribution < -0.4 is 10.9 Å². The van der Waals surface area contributed by atoms with Crippen LogP contribution in [-0.4, -0.2) is 43.5 Å². The van der Waals surface area contributed by atoms with Crippen LogP contribution in [0.2, 0.25) is 0 Å². The van der Waals surface area contributed by atoms with Crippen molar-refractivity contribution in [1.29, 1.82) is 0 Å². The first-order chi connectivity index (χ1) is 15.7. The Balaban J connectivity index is 1.66. The first kappa shape index (κ1) is 19.4. The number of ether oxygens (including phenoxy) is 1. The van der Waals surface area contributed by atoms with Gasteiger partial charge in [-0.2, -0.15) is 9.78 Å². The second-order valence-corrected chi connectivity index (χ2v) is 7.06. The minimum atomic E-state index is -0.534. The van der Waals surface area contributed by atoms with Crippen LogP contribution in [-0.2, 0) is 4.74 Å². The van der Waals surface area contributed by atoms with Crippen molar-refractivity contribution in [1.82, 2.24) is 30.4 Å². The van der Waals surface area contributed by atoms with Gasteiger partial charge in [0.15, 0.2) is 0 Å².